The first-order chi connectivity index (χ1) is 9.56. The molecule has 0 aliphatic carbocycles. The number of nitro groups is 1. The van der Waals surface area contributed by atoms with Crippen molar-refractivity contribution in [2.75, 3.05) is 23.3 Å². The highest BCUT2D eigenvalue weighted by molar-refractivity contribution is 5.77. The van der Waals surface area contributed by atoms with E-state index in [0.29, 0.717) is 24.2 Å². The van der Waals surface area contributed by atoms with E-state index in [0.717, 1.165) is 18.7 Å². The van der Waals surface area contributed by atoms with E-state index in [1.165, 1.54) is 6.42 Å². The molecule has 1 heterocycles. The summed E-state index contributed by atoms with van der Waals surface area (Å²) in [5, 5.41) is 14.6. The lowest BCUT2D eigenvalue weighted by Gasteiger charge is -2.39. The van der Waals surface area contributed by atoms with Crippen LogP contribution in [0.2, 0.25) is 0 Å². The van der Waals surface area contributed by atoms with Crippen LogP contribution in [-0.2, 0) is 0 Å². The van der Waals surface area contributed by atoms with Crippen LogP contribution in [0.1, 0.15) is 33.6 Å². The van der Waals surface area contributed by atoms with E-state index in [4.69, 9.17) is 0 Å². The molecular weight excluding hydrogens is 254 g/mol. The van der Waals surface area contributed by atoms with Crippen molar-refractivity contribution in [1.29, 1.82) is 0 Å². The Morgan fingerprint density at radius 3 is 2.85 bits per heavy atom. The first-order valence-corrected chi connectivity index (χ1v) is 7.34. The number of nitrogens with one attached hydrogen (secondary N) is 1. The fraction of sp³-hybridized carbons (Fsp3) is 0.600. The molecule has 0 radical (unpaired) electrons. The van der Waals surface area contributed by atoms with Crippen LogP contribution < -0.4 is 10.2 Å². The summed E-state index contributed by atoms with van der Waals surface area (Å²) in [7, 11) is 0. The van der Waals surface area contributed by atoms with Gasteiger partial charge in [-0.1, -0.05) is 13.0 Å². The molecule has 1 aliphatic heterocycles. The molecule has 5 heteroatoms. The van der Waals surface area contributed by atoms with Crippen molar-refractivity contribution in [3.63, 3.8) is 0 Å². The number of hydrogen-bond acceptors (Lipinski definition) is 4. The summed E-state index contributed by atoms with van der Waals surface area (Å²) in [6.45, 7) is 7.89. The summed E-state index contributed by atoms with van der Waals surface area (Å²) in [4.78, 5) is 13.4. The van der Waals surface area contributed by atoms with Crippen molar-refractivity contribution < 1.29 is 4.92 Å². The van der Waals surface area contributed by atoms with Gasteiger partial charge < -0.3 is 10.2 Å². The minimum atomic E-state index is -0.265. The Morgan fingerprint density at radius 2 is 2.20 bits per heavy atom. The molecule has 1 saturated heterocycles. The molecular formula is C15H23N3O2. The predicted octanol–water partition coefficient (Wildman–Crippen LogP) is 3.65. The van der Waals surface area contributed by atoms with Crippen LogP contribution in [0.3, 0.4) is 0 Å². The average molecular weight is 277 g/mol. The van der Waals surface area contributed by atoms with Crippen molar-refractivity contribution in [2.45, 2.75) is 39.7 Å². The van der Waals surface area contributed by atoms with Gasteiger partial charge in [0.1, 0.15) is 11.4 Å². The average Bonchev–Trinajstić information content (AvgIpc) is 2.42. The topological polar surface area (TPSA) is 58.4 Å². The molecule has 0 saturated carbocycles. The summed E-state index contributed by atoms with van der Waals surface area (Å²) in [6.07, 6.45) is 2.28. The molecule has 0 bridgehead atoms. The van der Waals surface area contributed by atoms with Crippen LogP contribution in [0.4, 0.5) is 17.1 Å². The summed E-state index contributed by atoms with van der Waals surface area (Å²) in [5.74, 6) is 0.561. The zero-order valence-corrected chi connectivity index (χ0v) is 12.4. The maximum atomic E-state index is 11.5. The Hall–Kier alpha value is -1.78. The van der Waals surface area contributed by atoms with E-state index in [-0.39, 0.29) is 10.6 Å². The van der Waals surface area contributed by atoms with E-state index < -0.39 is 0 Å². The Kier molecular flexibility index (Phi) is 4.47. The molecule has 0 spiro atoms. The molecule has 1 fully saturated rings. The van der Waals surface area contributed by atoms with Crippen molar-refractivity contribution in [3.8, 4) is 0 Å². The van der Waals surface area contributed by atoms with Crippen molar-refractivity contribution >= 4 is 17.1 Å². The summed E-state index contributed by atoms with van der Waals surface area (Å²) < 4.78 is 0. The first-order valence-electron chi connectivity index (χ1n) is 7.34. The van der Waals surface area contributed by atoms with Crippen LogP contribution in [0.25, 0.3) is 0 Å². The van der Waals surface area contributed by atoms with E-state index in [2.05, 4.69) is 24.1 Å². The highest BCUT2D eigenvalue weighted by Crippen LogP contribution is 2.39. The van der Waals surface area contributed by atoms with E-state index in [1.807, 2.05) is 19.1 Å². The number of piperidine rings is 1. The minimum absolute atomic E-state index is 0.204. The molecule has 0 aromatic heterocycles. The lowest BCUT2D eigenvalue weighted by atomic mass is 9.91. The van der Waals surface area contributed by atoms with Crippen LogP contribution in [0.15, 0.2) is 18.2 Å². The molecule has 1 aromatic carbocycles. The van der Waals surface area contributed by atoms with E-state index in [9.17, 15) is 10.1 Å². The standard InChI is InChI=1S/C15H23N3O2/c1-4-16-13-8-5-9-14(15(13)18(19)20)17-10-6-7-11(2)12(17)3/h5,8-9,11-12,16H,4,6-7,10H2,1-3H3. The van der Waals surface area contributed by atoms with Gasteiger partial charge in [-0.05, 0) is 44.7 Å². The molecule has 2 unspecified atom stereocenters. The molecule has 110 valence electrons. The fourth-order valence-electron chi connectivity index (χ4n) is 2.96. The van der Waals surface area contributed by atoms with Gasteiger partial charge in [0.15, 0.2) is 0 Å². The first kappa shape index (κ1) is 14.6. The molecule has 1 aliphatic rings. The number of rotatable bonds is 4. The second-order valence-corrected chi connectivity index (χ2v) is 5.51. The third-order valence-corrected chi connectivity index (χ3v) is 4.25. The zero-order chi connectivity index (χ0) is 14.7. The molecule has 2 atom stereocenters. The van der Waals surface area contributed by atoms with Crippen molar-refractivity contribution in [2.24, 2.45) is 5.92 Å². The Morgan fingerprint density at radius 1 is 1.45 bits per heavy atom. The number of anilines is 2. The van der Waals surface area contributed by atoms with Crippen LogP contribution in [0.5, 0.6) is 0 Å². The maximum absolute atomic E-state index is 11.5. The summed E-state index contributed by atoms with van der Waals surface area (Å²) >= 11 is 0. The molecule has 2 rings (SSSR count). The number of nitro benzene ring substituents is 1. The molecule has 1 aromatic rings. The summed E-state index contributed by atoms with van der Waals surface area (Å²) in [5.41, 5.74) is 1.56. The van der Waals surface area contributed by atoms with Crippen LogP contribution in [-0.4, -0.2) is 24.1 Å². The Balaban J connectivity index is 2.44. The fourth-order valence-corrected chi connectivity index (χ4v) is 2.96. The van der Waals surface area contributed by atoms with Gasteiger partial charge in [-0.2, -0.15) is 0 Å². The zero-order valence-electron chi connectivity index (χ0n) is 12.4. The second-order valence-electron chi connectivity index (χ2n) is 5.51. The molecule has 20 heavy (non-hydrogen) atoms. The van der Waals surface area contributed by atoms with E-state index >= 15 is 0 Å². The van der Waals surface area contributed by atoms with Gasteiger partial charge in [-0.25, -0.2) is 0 Å². The van der Waals surface area contributed by atoms with Gasteiger partial charge in [0.2, 0.25) is 0 Å². The van der Waals surface area contributed by atoms with Gasteiger partial charge in [0.25, 0.3) is 0 Å². The third kappa shape index (κ3) is 2.71. The van der Waals surface area contributed by atoms with Gasteiger partial charge in [0.05, 0.1) is 4.92 Å². The lowest BCUT2D eigenvalue weighted by Crippen LogP contribution is -2.42. The van der Waals surface area contributed by atoms with Crippen LogP contribution in [0, 0.1) is 16.0 Å². The van der Waals surface area contributed by atoms with Crippen molar-refractivity contribution in [3.05, 3.63) is 28.3 Å². The smallest absolute Gasteiger partial charge is 0.315 e. The van der Waals surface area contributed by atoms with Gasteiger partial charge in [-0.3, -0.25) is 10.1 Å². The molecule has 5 nitrogen and oxygen atoms in total. The Bertz CT molecular complexity index is 490. The summed E-state index contributed by atoms with van der Waals surface area (Å²) in [6, 6.07) is 5.88. The Labute approximate surface area is 120 Å². The maximum Gasteiger partial charge on any atom is 0.315 e. The number of hydrogen-bond donors (Lipinski definition) is 1. The number of benzene rings is 1. The predicted molar refractivity (Wildman–Crippen MR) is 82.5 cm³/mol. The number of para-hydroxylation sites is 1. The van der Waals surface area contributed by atoms with Gasteiger partial charge >= 0.3 is 5.69 Å². The number of nitrogens with zero attached hydrogens (tertiary/aromatic N) is 2. The monoisotopic (exact) mass is 277 g/mol. The second kappa shape index (κ2) is 6.11. The van der Waals surface area contributed by atoms with Gasteiger partial charge in [0, 0.05) is 19.1 Å². The molecule has 0 amide bonds. The lowest BCUT2D eigenvalue weighted by molar-refractivity contribution is -0.383. The minimum Gasteiger partial charge on any atom is -0.380 e. The van der Waals surface area contributed by atoms with E-state index in [1.54, 1.807) is 6.07 Å². The van der Waals surface area contributed by atoms with Crippen LogP contribution >= 0.6 is 0 Å². The largest absolute Gasteiger partial charge is 0.380 e. The normalized spacial score (nSPS) is 22.6. The SMILES string of the molecule is CCNc1cccc(N2CCCC(C)C2C)c1[N+](=O)[O-]. The highest BCUT2D eigenvalue weighted by Gasteiger charge is 2.30. The molecule has 1 N–H and O–H groups in total. The van der Waals surface area contributed by atoms with Gasteiger partial charge in [-0.15, -0.1) is 0 Å². The quantitative estimate of drug-likeness (QED) is 0.674. The van der Waals surface area contributed by atoms with Crippen molar-refractivity contribution in [1.82, 2.24) is 0 Å². The highest BCUT2D eigenvalue weighted by atomic mass is 16.6. The third-order valence-electron chi connectivity index (χ3n) is 4.25.